The smallest absolute Gasteiger partial charge is 0.425 e. The molecule has 4 fully saturated rings. The molecule has 2 aromatic heterocycles. The van der Waals surface area contributed by atoms with E-state index in [9.17, 15) is 14.4 Å². The van der Waals surface area contributed by atoms with Crippen LogP contribution in [0.4, 0.5) is 4.79 Å². The second kappa shape index (κ2) is 25.0. The highest BCUT2D eigenvalue weighted by Gasteiger charge is 2.61. The monoisotopic (exact) mass is 1070 g/mol. The molecule has 0 unspecified atom stereocenters. The average Bonchev–Trinajstić information content (AvgIpc) is 3.97. The number of imidazole rings is 1. The van der Waals surface area contributed by atoms with Gasteiger partial charge in [-0.15, -0.1) is 0 Å². The number of fused-ring (bicyclic) bond motifs is 1. The average molecular weight is 1070 g/mol. The molecule has 19 atom stereocenters. The maximum Gasteiger partial charge on any atom is 0.425 e. The first-order valence-corrected chi connectivity index (χ1v) is 26.9. The van der Waals surface area contributed by atoms with Crippen molar-refractivity contribution < 1.29 is 71.3 Å². The summed E-state index contributed by atoms with van der Waals surface area (Å²) in [7, 11) is 6.84. The van der Waals surface area contributed by atoms with Gasteiger partial charge in [-0.2, -0.15) is 0 Å². The molecule has 76 heavy (non-hydrogen) atoms. The molecule has 4 saturated heterocycles. The maximum absolute atomic E-state index is 15.3. The van der Waals surface area contributed by atoms with E-state index in [2.05, 4.69) is 15.4 Å². The van der Waals surface area contributed by atoms with Crippen LogP contribution in [0.15, 0.2) is 37.1 Å². The first kappa shape index (κ1) is 60.6. The van der Waals surface area contributed by atoms with Crippen LogP contribution in [0.25, 0.3) is 11.3 Å². The number of carbonyl (C=O) groups excluding carboxylic acids is 5. The van der Waals surface area contributed by atoms with E-state index in [1.54, 1.807) is 53.3 Å². The van der Waals surface area contributed by atoms with Crippen molar-refractivity contribution in [3.8, 4) is 11.3 Å². The number of cyclic esters (lactones) is 1. The Hall–Kier alpha value is -4.61. The highest BCUT2D eigenvalue weighted by Crippen LogP contribution is 2.45. The molecular formula is C55H86N6O15. The van der Waals surface area contributed by atoms with Crippen molar-refractivity contribution in [3.05, 3.63) is 37.1 Å². The summed E-state index contributed by atoms with van der Waals surface area (Å²) >= 11 is 0. The lowest BCUT2D eigenvalue weighted by Crippen LogP contribution is -2.62. The van der Waals surface area contributed by atoms with Gasteiger partial charge in [-0.1, -0.05) is 27.7 Å². The van der Waals surface area contributed by atoms with Gasteiger partial charge >= 0.3 is 24.0 Å². The number of nitrogens with zero attached hydrogens (tertiary/aromatic N) is 5. The summed E-state index contributed by atoms with van der Waals surface area (Å²) in [5, 5.41) is 1.38. The van der Waals surface area contributed by atoms with Gasteiger partial charge in [0.05, 0.1) is 54.0 Å². The Bertz CT molecular complexity index is 2310. The van der Waals surface area contributed by atoms with Crippen molar-refractivity contribution in [2.24, 2.45) is 23.7 Å². The molecule has 0 spiro atoms. The summed E-state index contributed by atoms with van der Waals surface area (Å²) in [4.78, 5) is 80.7. The molecule has 426 valence electrons. The molecule has 6 heterocycles. The van der Waals surface area contributed by atoms with Gasteiger partial charge in [0.2, 0.25) is 0 Å². The molecule has 0 bridgehead atoms. The van der Waals surface area contributed by atoms with E-state index in [0.29, 0.717) is 19.4 Å². The van der Waals surface area contributed by atoms with Crippen LogP contribution in [0.3, 0.4) is 0 Å². The Morgan fingerprint density at radius 3 is 2.18 bits per heavy atom. The van der Waals surface area contributed by atoms with Crippen LogP contribution in [0.2, 0.25) is 0 Å². The van der Waals surface area contributed by atoms with E-state index in [0.717, 1.165) is 11.3 Å². The molecule has 0 aliphatic carbocycles. The van der Waals surface area contributed by atoms with Crippen LogP contribution in [0.5, 0.6) is 0 Å². The van der Waals surface area contributed by atoms with E-state index < -0.39 is 120 Å². The number of aromatic nitrogens is 3. The third-order valence-corrected chi connectivity index (χ3v) is 16.5. The second-order valence-electron chi connectivity index (χ2n) is 22.5. The molecule has 4 aliphatic heterocycles. The number of hydrogen-bond acceptors (Lipinski definition) is 19. The van der Waals surface area contributed by atoms with Gasteiger partial charge in [0.25, 0.3) is 0 Å². The molecule has 0 radical (unpaired) electrons. The van der Waals surface area contributed by atoms with Crippen molar-refractivity contribution in [1.82, 2.24) is 29.9 Å². The molecule has 4 aliphatic rings. The second-order valence-corrected chi connectivity index (χ2v) is 22.5. The number of methoxy groups -OCH3 is 2. The van der Waals surface area contributed by atoms with Crippen molar-refractivity contribution in [3.63, 3.8) is 0 Å². The van der Waals surface area contributed by atoms with E-state index in [-0.39, 0.29) is 43.2 Å². The lowest BCUT2D eigenvalue weighted by atomic mass is 9.73. The molecule has 21 nitrogen and oxygen atoms in total. The number of nitrogens with one attached hydrogen (secondary N) is 1. The molecule has 0 saturated carbocycles. The molecule has 2 aromatic rings. The molecule has 1 amide bonds. The number of hydrazine groups is 1. The number of pyridine rings is 1. The lowest BCUT2D eigenvalue weighted by molar-refractivity contribution is -0.320. The fourth-order valence-corrected chi connectivity index (χ4v) is 12.2. The van der Waals surface area contributed by atoms with Crippen molar-refractivity contribution >= 4 is 29.8 Å². The molecular weight excluding hydrogens is 985 g/mol. The SMILES string of the molecule is CC[C@H]1OC(=O)[C@H](C)[C@@H](O[C@H]2C[C@@](C)(OC)[C@@H](OC(C)=O)[C@H](C)O2)[C@H](C)[C@@H](O[C@@H]2O[C@H](C)C[C@H](N(C)C)[C@H]2OC(C)=O)[C@](C)(OC)C[C@@H](C)C(=O)[C@H](C)[C@H]2N(NCC[C@@H](C)n3cnc(-c4cccnc4)c3)C(=O)O[C@]12C. The fourth-order valence-electron chi connectivity index (χ4n) is 12.2. The van der Waals surface area contributed by atoms with Crippen molar-refractivity contribution in [2.45, 2.75) is 212 Å². The van der Waals surface area contributed by atoms with Gasteiger partial charge in [-0.25, -0.2) is 20.2 Å². The Morgan fingerprint density at radius 2 is 1.58 bits per heavy atom. The fraction of sp³-hybridized carbons (Fsp3) is 0.764. The largest absolute Gasteiger partial charge is 0.458 e. The van der Waals surface area contributed by atoms with Crippen LogP contribution < -0.4 is 5.43 Å². The van der Waals surface area contributed by atoms with E-state index in [4.69, 9.17) is 47.4 Å². The number of esters is 3. The minimum absolute atomic E-state index is 0.0511. The van der Waals surface area contributed by atoms with Crippen LogP contribution >= 0.6 is 0 Å². The van der Waals surface area contributed by atoms with Gasteiger partial charge in [-0.05, 0) is 100 Å². The Morgan fingerprint density at radius 1 is 0.908 bits per heavy atom. The van der Waals surface area contributed by atoms with E-state index in [1.165, 1.54) is 33.1 Å². The van der Waals surface area contributed by atoms with Gasteiger partial charge < -0.3 is 56.8 Å². The number of rotatable bonds is 16. The Balaban J connectivity index is 1.41. The number of ether oxygens (including phenoxy) is 10. The maximum atomic E-state index is 15.3. The summed E-state index contributed by atoms with van der Waals surface area (Å²) in [5.74, 6) is -5.40. The highest BCUT2D eigenvalue weighted by molar-refractivity contribution is 5.85. The third-order valence-electron chi connectivity index (χ3n) is 16.5. The first-order valence-electron chi connectivity index (χ1n) is 26.9. The summed E-state index contributed by atoms with van der Waals surface area (Å²) in [6, 6.07) is 2.47. The van der Waals surface area contributed by atoms with Gasteiger partial charge in [0.15, 0.2) is 30.4 Å². The van der Waals surface area contributed by atoms with Gasteiger partial charge in [0, 0.05) is 89.0 Å². The predicted molar refractivity (Wildman–Crippen MR) is 277 cm³/mol. The highest BCUT2D eigenvalue weighted by atomic mass is 16.7. The molecule has 6 rings (SSSR count). The summed E-state index contributed by atoms with van der Waals surface area (Å²) < 4.78 is 66.4. The van der Waals surface area contributed by atoms with Crippen LogP contribution in [-0.4, -0.2) is 173 Å². The van der Waals surface area contributed by atoms with E-state index >= 15 is 9.59 Å². The normalized spacial score (nSPS) is 38.2. The first-order chi connectivity index (χ1) is 35.7. The predicted octanol–water partition coefficient (Wildman–Crippen LogP) is 6.46. The number of likely N-dealkylation sites (N-methyl/N-ethyl adjacent to an activating group) is 1. The topological polar surface area (TPSA) is 227 Å². The van der Waals surface area contributed by atoms with Crippen molar-refractivity contribution in [1.29, 1.82) is 0 Å². The minimum atomic E-state index is -1.53. The zero-order valence-corrected chi connectivity index (χ0v) is 47.8. The van der Waals surface area contributed by atoms with E-state index in [1.807, 2.05) is 83.4 Å². The minimum Gasteiger partial charge on any atom is -0.458 e. The number of ketones is 1. The number of carbonyl (C=O) groups is 5. The van der Waals surface area contributed by atoms with Gasteiger partial charge in [-0.3, -0.25) is 24.2 Å². The lowest BCUT2D eigenvalue weighted by Gasteiger charge is -2.50. The summed E-state index contributed by atoms with van der Waals surface area (Å²) in [6.45, 7) is 23.0. The quantitative estimate of drug-likeness (QED) is 0.140. The van der Waals surface area contributed by atoms with Crippen LogP contribution in [-0.2, 0) is 66.5 Å². The zero-order valence-electron chi connectivity index (χ0n) is 47.8. The number of Topliss-reactive ketones (excluding diaryl/α,β-unsaturated/α-hetero) is 1. The number of amides is 1. The third kappa shape index (κ3) is 13.1. The molecule has 0 aromatic carbocycles. The zero-order chi connectivity index (χ0) is 56.2. The summed E-state index contributed by atoms with van der Waals surface area (Å²) in [6.07, 6.45) is -0.195. The van der Waals surface area contributed by atoms with Crippen LogP contribution in [0.1, 0.15) is 128 Å². The molecule has 1 N–H and O–H groups in total. The standard InChI is InChI=1S/C55H86N6O15/c1-18-42-55(13)47(61(52(66)76-55)58-23-21-31(3)60-28-40(57-29-60)39-20-19-22-56-27-39)33(5)44(64)30(2)25-53(11,67-16)48(75-51-46(71-37(9)62)41(59(14)15)24-32(4)69-51)34(6)45(35(7)50(65)73-42)74-43-26-54(12,68-17)49(36(8)70-43)72-38(10)63/h19-20,22,27-36,41-43,45-49,51,58H,18,21,23-26H2,1-17H3/t30-,31-,32-,33+,34+,35-,36+,41+,42-,43+,45+,46-,47-,48-,49+,51+,53-,54-,55-/m1/s1. The van der Waals surface area contributed by atoms with Crippen LogP contribution in [0, 0.1) is 23.7 Å². The Kier molecular flexibility index (Phi) is 20.0. The summed E-state index contributed by atoms with van der Waals surface area (Å²) in [5.41, 5.74) is 1.01. The van der Waals surface area contributed by atoms with Gasteiger partial charge in [0.1, 0.15) is 23.5 Å². The molecule has 21 heteroatoms. The Labute approximate surface area is 448 Å². The number of hydrogen-bond donors (Lipinski definition) is 1. The van der Waals surface area contributed by atoms with Crippen molar-refractivity contribution in [2.75, 3.05) is 34.9 Å².